The number of rotatable bonds is 5. The van der Waals surface area contributed by atoms with Crippen molar-refractivity contribution in [3.05, 3.63) is 53.1 Å². The summed E-state index contributed by atoms with van der Waals surface area (Å²) in [5.41, 5.74) is -0.546. The number of benzene rings is 1. The number of halogens is 4. The molecule has 2 aromatic heterocycles. The zero-order valence-electron chi connectivity index (χ0n) is 14.8. The number of sulfonamides is 1. The van der Waals surface area contributed by atoms with Gasteiger partial charge < -0.3 is 4.57 Å². The summed E-state index contributed by atoms with van der Waals surface area (Å²) in [5, 5.41) is 0.396. The van der Waals surface area contributed by atoms with Gasteiger partial charge in [-0.3, -0.25) is 0 Å². The molecule has 0 radical (unpaired) electrons. The second kappa shape index (κ2) is 7.34. The lowest BCUT2D eigenvalue weighted by atomic mass is 10.3. The van der Waals surface area contributed by atoms with Gasteiger partial charge in [-0.05, 0) is 44.2 Å². The first-order valence-electron chi connectivity index (χ1n) is 8.24. The van der Waals surface area contributed by atoms with Crippen molar-refractivity contribution in [1.82, 2.24) is 19.3 Å². The number of hydrogen-bond acceptors (Lipinski definition) is 4. The summed E-state index contributed by atoms with van der Waals surface area (Å²) >= 11 is 5.78. The van der Waals surface area contributed by atoms with Crippen molar-refractivity contribution in [2.24, 2.45) is 0 Å². The maximum absolute atomic E-state index is 13.0. The predicted octanol–water partition coefficient (Wildman–Crippen LogP) is 4.16. The molecule has 3 aromatic rings. The molecular formula is C17H16ClF3N4O2S. The zero-order valence-corrected chi connectivity index (χ0v) is 16.4. The molecule has 28 heavy (non-hydrogen) atoms. The number of pyridine rings is 1. The highest BCUT2D eigenvalue weighted by atomic mass is 35.5. The molecule has 1 atom stereocenters. The van der Waals surface area contributed by atoms with Crippen molar-refractivity contribution < 1.29 is 21.6 Å². The monoisotopic (exact) mass is 432 g/mol. The van der Waals surface area contributed by atoms with E-state index in [-0.39, 0.29) is 21.8 Å². The number of nitrogens with zero attached hydrogens (tertiary/aromatic N) is 3. The van der Waals surface area contributed by atoms with Gasteiger partial charge in [0, 0.05) is 11.6 Å². The third kappa shape index (κ3) is 3.98. The fourth-order valence-corrected chi connectivity index (χ4v) is 4.16. The summed E-state index contributed by atoms with van der Waals surface area (Å²) in [5.74, 6) is 0.288. The van der Waals surface area contributed by atoms with Crippen LogP contribution < -0.4 is 4.72 Å². The molecule has 1 N–H and O–H groups in total. The van der Waals surface area contributed by atoms with Crippen LogP contribution in [-0.4, -0.2) is 23.0 Å². The van der Waals surface area contributed by atoms with Crippen LogP contribution in [0.2, 0.25) is 5.02 Å². The van der Waals surface area contributed by atoms with Gasteiger partial charge in [-0.1, -0.05) is 11.6 Å². The van der Waals surface area contributed by atoms with Crippen LogP contribution in [0, 0.1) is 0 Å². The highest BCUT2D eigenvalue weighted by molar-refractivity contribution is 7.89. The van der Waals surface area contributed by atoms with Crippen molar-refractivity contribution in [1.29, 1.82) is 0 Å². The van der Waals surface area contributed by atoms with E-state index >= 15 is 0 Å². The van der Waals surface area contributed by atoms with E-state index in [4.69, 9.17) is 11.6 Å². The van der Waals surface area contributed by atoms with Crippen LogP contribution >= 0.6 is 11.6 Å². The summed E-state index contributed by atoms with van der Waals surface area (Å²) < 4.78 is 68.1. The Kier molecular flexibility index (Phi) is 5.39. The Bertz CT molecular complexity index is 1110. The molecule has 0 unspecified atom stereocenters. The Balaban J connectivity index is 1.99. The molecule has 0 saturated carbocycles. The Morgan fingerprint density at radius 3 is 2.46 bits per heavy atom. The largest absolute Gasteiger partial charge is 0.433 e. The normalized spacial score (nSPS) is 13.8. The third-order valence-electron chi connectivity index (χ3n) is 4.11. The lowest BCUT2D eigenvalue weighted by Crippen LogP contribution is -2.28. The van der Waals surface area contributed by atoms with Gasteiger partial charge in [0.1, 0.15) is 17.0 Å². The zero-order chi connectivity index (χ0) is 20.7. The van der Waals surface area contributed by atoms with Crippen molar-refractivity contribution in [3.8, 4) is 0 Å². The van der Waals surface area contributed by atoms with Crippen molar-refractivity contribution in [2.45, 2.75) is 37.5 Å². The number of hydrogen-bond donors (Lipinski definition) is 1. The first-order valence-corrected chi connectivity index (χ1v) is 10.1. The van der Waals surface area contributed by atoms with E-state index in [1.165, 1.54) is 28.8 Å². The topological polar surface area (TPSA) is 76.9 Å². The Morgan fingerprint density at radius 2 is 1.89 bits per heavy atom. The molecule has 0 fully saturated rings. The fraction of sp³-hybridized carbons (Fsp3) is 0.294. The number of alkyl halides is 3. The standard InChI is InChI=1S/C17H16ClF3N4O2S/c1-3-25-14-8-15(17(19,20)21)22-9-13(14)23-16(25)10(2)24-28(26,27)12-6-4-11(18)5-7-12/h4-10,24H,3H2,1-2H3/t10-/m1/s1. The van der Waals surface area contributed by atoms with Crippen LogP contribution in [0.25, 0.3) is 11.0 Å². The van der Waals surface area contributed by atoms with Crippen molar-refractivity contribution in [2.75, 3.05) is 0 Å². The number of nitrogens with one attached hydrogen (secondary N) is 1. The van der Waals surface area contributed by atoms with E-state index in [1.54, 1.807) is 13.8 Å². The highest BCUT2D eigenvalue weighted by Crippen LogP contribution is 2.30. The lowest BCUT2D eigenvalue weighted by Gasteiger charge is -2.16. The Hall–Kier alpha value is -2.17. The van der Waals surface area contributed by atoms with Crippen LogP contribution in [-0.2, 0) is 22.7 Å². The van der Waals surface area contributed by atoms with Crippen molar-refractivity contribution in [3.63, 3.8) is 0 Å². The van der Waals surface area contributed by atoms with E-state index in [0.717, 1.165) is 12.3 Å². The number of imidazole rings is 1. The summed E-state index contributed by atoms with van der Waals surface area (Å²) in [4.78, 5) is 7.71. The summed E-state index contributed by atoms with van der Waals surface area (Å²) in [6.45, 7) is 3.61. The van der Waals surface area contributed by atoms with E-state index in [1.807, 2.05) is 0 Å². The molecule has 11 heteroatoms. The van der Waals surface area contributed by atoms with Crippen LogP contribution in [0.15, 0.2) is 41.4 Å². The molecule has 0 aliphatic rings. The number of aryl methyl sites for hydroxylation is 1. The second-order valence-corrected chi connectivity index (χ2v) is 8.22. The molecule has 1 aromatic carbocycles. The van der Waals surface area contributed by atoms with Gasteiger partial charge >= 0.3 is 6.18 Å². The molecule has 150 valence electrons. The lowest BCUT2D eigenvalue weighted by molar-refractivity contribution is -0.141. The van der Waals surface area contributed by atoms with E-state index in [2.05, 4.69) is 14.7 Å². The van der Waals surface area contributed by atoms with Gasteiger partial charge in [0.2, 0.25) is 10.0 Å². The SMILES string of the molecule is CCn1c([C@@H](C)NS(=O)(=O)c2ccc(Cl)cc2)nc2cnc(C(F)(F)F)cc21. The first kappa shape index (κ1) is 20.6. The maximum atomic E-state index is 13.0. The Labute approximate surface area is 164 Å². The van der Waals surface area contributed by atoms with Crippen LogP contribution in [0.5, 0.6) is 0 Å². The summed E-state index contributed by atoms with van der Waals surface area (Å²) in [7, 11) is -3.88. The minimum Gasteiger partial charge on any atom is -0.327 e. The van der Waals surface area contributed by atoms with Crippen LogP contribution in [0.4, 0.5) is 13.2 Å². The molecule has 0 bridgehead atoms. The van der Waals surface area contributed by atoms with Gasteiger partial charge in [-0.25, -0.2) is 23.1 Å². The Morgan fingerprint density at radius 1 is 1.25 bits per heavy atom. The molecule has 0 spiro atoms. The van der Waals surface area contributed by atoms with Gasteiger partial charge in [0.15, 0.2) is 0 Å². The molecule has 6 nitrogen and oxygen atoms in total. The molecule has 0 aliphatic heterocycles. The average Bonchev–Trinajstić information content (AvgIpc) is 2.99. The van der Waals surface area contributed by atoms with Crippen molar-refractivity contribution >= 4 is 32.7 Å². The van der Waals surface area contributed by atoms with Gasteiger partial charge in [-0.2, -0.15) is 13.2 Å². The van der Waals surface area contributed by atoms with Crippen LogP contribution in [0.3, 0.4) is 0 Å². The van der Waals surface area contributed by atoms with Crippen LogP contribution in [0.1, 0.15) is 31.4 Å². The molecular weight excluding hydrogens is 417 g/mol. The summed E-state index contributed by atoms with van der Waals surface area (Å²) in [6.07, 6.45) is -3.55. The number of aromatic nitrogens is 3. The van der Waals surface area contributed by atoms with E-state index < -0.39 is 27.9 Å². The minimum absolute atomic E-state index is 0.0175. The van der Waals surface area contributed by atoms with E-state index in [9.17, 15) is 21.6 Å². The van der Waals surface area contributed by atoms with Gasteiger partial charge in [-0.15, -0.1) is 0 Å². The first-order chi connectivity index (χ1) is 13.0. The molecule has 0 aliphatic carbocycles. The third-order valence-corrected chi connectivity index (χ3v) is 5.92. The van der Waals surface area contributed by atoms with Gasteiger partial charge in [0.05, 0.1) is 22.7 Å². The predicted molar refractivity (Wildman–Crippen MR) is 98.4 cm³/mol. The van der Waals surface area contributed by atoms with E-state index in [0.29, 0.717) is 11.6 Å². The fourth-order valence-electron chi connectivity index (χ4n) is 2.83. The molecule has 3 rings (SSSR count). The second-order valence-electron chi connectivity index (χ2n) is 6.07. The summed E-state index contributed by atoms with van der Waals surface area (Å²) in [6, 6.07) is 5.75. The minimum atomic E-state index is -4.58. The molecule has 2 heterocycles. The number of fused-ring (bicyclic) bond motifs is 1. The average molecular weight is 433 g/mol. The smallest absolute Gasteiger partial charge is 0.327 e. The van der Waals surface area contributed by atoms with Gasteiger partial charge in [0.25, 0.3) is 0 Å². The molecule has 0 saturated heterocycles. The highest BCUT2D eigenvalue weighted by Gasteiger charge is 2.33. The molecule has 0 amide bonds. The quantitative estimate of drug-likeness (QED) is 0.656. The maximum Gasteiger partial charge on any atom is 0.433 e.